The molecule has 1 aromatic carbocycles. The molecule has 6 heteroatoms. The topological polar surface area (TPSA) is 80.0 Å². The molecule has 2 rings (SSSR count). The van der Waals surface area contributed by atoms with E-state index in [-0.39, 0.29) is 5.91 Å². The first-order valence-electron chi connectivity index (χ1n) is 5.02. The maximum absolute atomic E-state index is 11.9. The Hall–Kier alpha value is -1.92. The minimum atomic E-state index is -0.174. The lowest BCUT2D eigenvalue weighted by molar-refractivity contribution is 0.0951. The number of anilines is 1. The van der Waals surface area contributed by atoms with Gasteiger partial charge in [-0.3, -0.25) is 10.6 Å². The number of hydrogen-bond acceptors (Lipinski definition) is 5. The van der Waals surface area contributed by atoms with Crippen molar-refractivity contribution in [2.45, 2.75) is 6.54 Å². The normalized spacial score (nSPS) is 9.94. The van der Waals surface area contributed by atoms with Crippen molar-refractivity contribution in [3.8, 4) is 0 Å². The van der Waals surface area contributed by atoms with Gasteiger partial charge in [0.05, 0.1) is 29.0 Å². The first-order valence-corrected chi connectivity index (χ1v) is 5.96. The number of rotatable bonds is 4. The van der Waals surface area contributed by atoms with Gasteiger partial charge >= 0.3 is 0 Å². The minimum absolute atomic E-state index is 0.174. The summed E-state index contributed by atoms with van der Waals surface area (Å²) in [5.41, 5.74) is 6.20. The van der Waals surface area contributed by atoms with Crippen LogP contribution in [0.1, 0.15) is 16.1 Å². The molecule has 0 unspecified atom stereocenters. The van der Waals surface area contributed by atoms with E-state index in [0.717, 1.165) is 5.69 Å². The molecule has 2 aromatic rings. The molecule has 4 N–H and O–H groups in total. The molecule has 0 atom stereocenters. The SMILES string of the molecule is NNc1ccccc1C(=O)NCc1cscn1. The second-order valence-electron chi connectivity index (χ2n) is 3.35. The molecule has 0 aliphatic rings. The van der Waals surface area contributed by atoms with E-state index < -0.39 is 0 Å². The maximum Gasteiger partial charge on any atom is 0.253 e. The summed E-state index contributed by atoms with van der Waals surface area (Å²) in [6.45, 7) is 0.418. The van der Waals surface area contributed by atoms with Crippen molar-refractivity contribution in [3.05, 3.63) is 46.4 Å². The molecule has 0 saturated carbocycles. The van der Waals surface area contributed by atoms with Crippen molar-refractivity contribution >= 4 is 22.9 Å². The molecule has 0 spiro atoms. The summed E-state index contributed by atoms with van der Waals surface area (Å²) in [7, 11) is 0. The number of nitrogen functional groups attached to an aromatic ring is 1. The molecule has 0 bridgehead atoms. The van der Waals surface area contributed by atoms with Crippen molar-refractivity contribution in [3.63, 3.8) is 0 Å². The Morgan fingerprint density at radius 3 is 2.94 bits per heavy atom. The number of hydrogen-bond donors (Lipinski definition) is 3. The van der Waals surface area contributed by atoms with Crippen LogP contribution in [0.4, 0.5) is 5.69 Å². The minimum Gasteiger partial charge on any atom is -0.346 e. The van der Waals surface area contributed by atoms with E-state index in [1.165, 1.54) is 11.3 Å². The fourth-order valence-electron chi connectivity index (χ4n) is 1.40. The zero-order valence-electron chi connectivity index (χ0n) is 9.01. The predicted octanol–water partition coefficient (Wildman–Crippen LogP) is 1.36. The lowest BCUT2D eigenvalue weighted by atomic mass is 10.1. The average molecular weight is 248 g/mol. The van der Waals surface area contributed by atoms with Gasteiger partial charge in [0.2, 0.25) is 0 Å². The van der Waals surface area contributed by atoms with E-state index in [0.29, 0.717) is 17.8 Å². The number of thiazole rings is 1. The monoisotopic (exact) mass is 248 g/mol. The Labute approximate surface area is 103 Å². The molecule has 0 aliphatic heterocycles. The van der Waals surface area contributed by atoms with E-state index in [4.69, 9.17) is 5.84 Å². The van der Waals surface area contributed by atoms with Gasteiger partial charge < -0.3 is 10.7 Å². The lowest BCUT2D eigenvalue weighted by Gasteiger charge is -2.08. The summed E-state index contributed by atoms with van der Waals surface area (Å²) in [5.74, 6) is 5.16. The van der Waals surface area contributed by atoms with Crippen molar-refractivity contribution in [1.29, 1.82) is 0 Å². The van der Waals surface area contributed by atoms with Crippen LogP contribution < -0.4 is 16.6 Å². The molecule has 0 fully saturated rings. The largest absolute Gasteiger partial charge is 0.346 e. The third kappa shape index (κ3) is 2.80. The first kappa shape index (κ1) is 11.6. The molecule has 5 nitrogen and oxygen atoms in total. The third-order valence-corrected chi connectivity index (χ3v) is 2.88. The summed E-state index contributed by atoms with van der Waals surface area (Å²) in [6.07, 6.45) is 0. The molecular weight excluding hydrogens is 236 g/mol. The van der Waals surface area contributed by atoms with Crippen LogP contribution in [-0.4, -0.2) is 10.9 Å². The number of para-hydroxylation sites is 1. The fraction of sp³-hybridized carbons (Fsp3) is 0.0909. The molecular formula is C11H12N4OS. The number of carbonyl (C=O) groups excluding carboxylic acids is 1. The first-order chi connectivity index (χ1) is 8.31. The fourth-order valence-corrected chi connectivity index (χ4v) is 1.96. The van der Waals surface area contributed by atoms with Gasteiger partial charge in [0, 0.05) is 5.38 Å². The summed E-state index contributed by atoms with van der Waals surface area (Å²) in [6, 6.07) is 7.06. The van der Waals surface area contributed by atoms with Gasteiger partial charge in [0.15, 0.2) is 0 Å². The second kappa shape index (κ2) is 5.42. The van der Waals surface area contributed by atoms with Gasteiger partial charge in [-0.2, -0.15) is 0 Å². The summed E-state index contributed by atoms with van der Waals surface area (Å²) in [4.78, 5) is 16.0. The zero-order valence-corrected chi connectivity index (χ0v) is 9.83. The van der Waals surface area contributed by atoms with Crippen molar-refractivity contribution in [2.24, 2.45) is 5.84 Å². The number of carbonyl (C=O) groups is 1. The van der Waals surface area contributed by atoms with Crippen LogP contribution in [0, 0.1) is 0 Å². The summed E-state index contributed by atoms with van der Waals surface area (Å²) in [5, 5.41) is 4.68. The molecule has 1 amide bonds. The zero-order chi connectivity index (χ0) is 12.1. The molecule has 88 valence electrons. The Bertz CT molecular complexity index is 498. The predicted molar refractivity (Wildman–Crippen MR) is 67.5 cm³/mol. The number of hydrazine groups is 1. The highest BCUT2D eigenvalue weighted by molar-refractivity contribution is 7.07. The number of benzene rings is 1. The number of nitrogens with two attached hydrogens (primary N) is 1. The van der Waals surface area contributed by atoms with Crippen molar-refractivity contribution < 1.29 is 4.79 Å². The Morgan fingerprint density at radius 2 is 2.24 bits per heavy atom. The van der Waals surface area contributed by atoms with E-state index in [1.54, 1.807) is 23.7 Å². The average Bonchev–Trinajstić information content (AvgIpc) is 2.89. The highest BCUT2D eigenvalue weighted by Crippen LogP contribution is 2.13. The number of amides is 1. The van der Waals surface area contributed by atoms with E-state index in [2.05, 4.69) is 15.7 Å². The van der Waals surface area contributed by atoms with Crippen molar-refractivity contribution in [1.82, 2.24) is 10.3 Å². The van der Waals surface area contributed by atoms with Gasteiger partial charge in [-0.1, -0.05) is 12.1 Å². The highest BCUT2D eigenvalue weighted by atomic mass is 32.1. The number of nitrogens with zero attached hydrogens (tertiary/aromatic N) is 1. The molecule has 1 heterocycles. The standard InChI is InChI=1S/C11H12N4OS/c12-15-10-4-2-1-3-9(10)11(16)13-5-8-6-17-7-14-8/h1-4,6-7,15H,5,12H2,(H,13,16). The second-order valence-corrected chi connectivity index (χ2v) is 4.07. The van der Waals surface area contributed by atoms with Crippen LogP contribution in [-0.2, 0) is 6.54 Å². The number of aromatic nitrogens is 1. The van der Waals surface area contributed by atoms with Crippen LogP contribution in [0.15, 0.2) is 35.2 Å². The Balaban J connectivity index is 2.04. The molecule has 0 radical (unpaired) electrons. The smallest absolute Gasteiger partial charge is 0.253 e. The molecule has 0 saturated heterocycles. The molecule has 0 aliphatic carbocycles. The molecule has 1 aromatic heterocycles. The van der Waals surface area contributed by atoms with Crippen LogP contribution in [0.3, 0.4) is 0 Å². The van der Waals surface area contributed by atoms with Crippen LogP contribution >= 0.6 is 11.3 Å². The van der Waals surface area contributed by atoms with Gasteiger partial charge in [-0.25, -0.2) is 4.98 Å². The summed E-state index contributed by atoms with van der Waals surface area (Å²) >= 11 is 1.50. The molecule has 17 heavy (non-hydrogen) atoms. The maximum atomic E-state index is 11.9. The van der Waals surface area contributed by atoms with Crippen LogP contribution in [0.25, 0.3) is 0 Å². The van der Waals surface area contributed by atoms with E-state index in [1.807, 2.05) is 11.4 Å². The lowest BCUT2D eigenvalue weighted by Crippen LogP contribution is -2.24. The van der Waals surface area contributed by atoms with Crippen LogP contribution in [0.5, 0.6) is 0 Å². The Kier molecular flexibility index (Phi) is 3.69. The van der Waals surface area contributed by atoms with Crippen LogP contribution in [0.2, 0.25) is 0 Å². The van der Waals surface area contributed by atoms with Gasteiger partial charge in [-0.05, 0) is 12.1 Å². The third-order valence-electron chi connectivity index (χ3n) is 2.24. The summed E-state index contributed by atoms with van der Waals surface area (Å²) < 4.78 is 0. The highest BCUT2D eigenvalue weighted by Gasteiger charge is 2.09. The van der Waals surface area contributed by atoms with Crippen molar-refractivity contribution in [2.75, 3.05) is 5.43 Å². The van der Waals surface area contributed by atoms with Gasteiger partial charge in [0.25, 0.3) is 5.91 Å². The quantitative estimate of drug-likeness (QED) is 0.564. The van der Waals surface area contributed by atoms with Gasteiger partial charge in [0.1, 0.15) is 0 Å². The Morgan fingerprint density at radius 1 is 1.41 bits per heavy atom. The van der Waals surface area contributed by atoms with Gasteiger partial charge in [-0.15, -0.1) is 11.3 Å². The van der Waals surface area contributed by atoms with E-state index in [9.17, 15) is 4.79 Å². The number of nitrogens with one attached hydrogen (secondary N) is 2. The van der Waals surface area contributed by atoms with E-state index >= 15 is 0 Å².